The van der Waals surface area contributed by atoms with Crippen molar-refractivity contribution in [3.05, 3.63) is 47.7 Å². The Morgan fingerprint density at radius 1 is 1.41 bits per heavy atom. The molecule has 2 aromatic rings. The van der Waals surface area contributed by atoms with Crippen molar-refractivity contribution in [1.29, 1.82) is 0 Å². The number of allylic oxidation sites excluding steroid dienone is 1. The molecule has 1 atom stereocenters. The maximum atomic E-state index is 12.1. The average Bonchev–Trinajstić information content (AvgIpc) is 2.88. The number of nitrogens with one attached hydrogen (secondary N) is 2. The number of aryl methyl sites for hydroxylation is 1. The van der Waals surface area contributed by atoms with Gasteiger partial charge in [-0.1, -0.05) is 30.4 Å². The first-order chi connectivity index (χ1) is 10.5. The Kier molecular flexibility index (Phi) is 4.99. The molecule has 0 bridgehead atoms. The lowest BCUT2D eigenvalue weighted by Gasteiger charge is -2.12. The molecule has 0 radical (unpaired) electrons. The van der Waals surface area contributed by atoms with Crippen molar-refractivity contribution in [3.8, 4) is 0 Å². The monoisotopic (exact) mass is 300 g/mol. The van der Waals surface area contributed by atoms with Crippen LogP contribution in [0, 0.1) is 6.92 Å². The molecule has 1 aromatic heterocycles. The van der Waals surface area contributed by atoms with Gasteiger partial charge in [-0.25, -0.2) is 4.79 Å². The Labute approximate surface area is 129 Å². The topological polar surface area (TPSA) is 82.2 Å². The van der Waals surface area contributed by atoms with Gasteiger partial charge in [0, 0.05) is 17.1 Å². The number of hydrogen-bond acceptors (Lipinski definition) is 2. The lowest BCUT2D eigenvalue weighted by atomic mass is 10.1. The van der Waals surface area contributed by atoms with Gasteiger partial charge in [0.1, 0.15) is 6.04 Å². The van der Waals surface area contributed by atoms with Crippen LogP contribution in [-0.4, -0.2) is 28.0 Å². The van der Waals surface area contributed by atoms with E-state index in [2.05, 4.69) is 10.3 Å². The zero-order valence-electron chi connectivity index (χ0n) is 12.7. The molecule has 2 rings (SSSR count). The van der Waals surface area contributed by atoms with E-state index in [-0.39, 0.29) is 18.7 Å². The highest BCUT2D eigenvalue weighted by molar-refractivity contribution is 5.91. The van der Waals surface area contributed by atoms with Gasteiger partial charge >= 0.3 is 5.97 Å². The Morgan fingerprint density at radius 2 is 2.18 bits per heavy atom. The molecule has 0 aliphatic carbocycles. The van der Waals surface area contributed by atoms with Crippen molar-refractivity contribution in [2.75, 3.05) is 0 Å². The first-order valence-electron chi connectivity index (χ1n) is 7.21. The molecule has 0 fully saturated rings. The van der Waals surface area contributed by atoms with E-state index in [0.717, 1.165) is 22.0 Å². The number of para-hydroxylation sites is 1. The number of fused-ring (bicyclic) bond motifs is 1. The number of carboxylic acids is 1. The molecule has 5 nitrogen and oxygen atoms in total. The van der Waals surface area contributed by atoms with Crippen LogP contribution in [0.4, 0.5) is 0 Å². The van der Waals surface area contributed by atoms with Gasteiger partial charge < -0.3 is 15.4 Å². The molecule has 0 saturated heterocycles. The summed E-state index contributed by atoms with van der Waals surface area (Å²) in [4.78, 5) is 26.4. The van der Waals surface area contributed by atoms with Crippen molar-refractivity contribution < 1.29 is 14.7 Å². The lowest BCUT2D eigenvalue weighted by molar-refractivity contribution is -0.141. The van der Waals surface area contributed by atoms with Crippen LogP contribution in [0.2, 0.25) is 0 Å². The molecule has 3 N–H and O–H groups in total. The molecule has 5 heteroatoms. The molecule has 116 valence electrons. The summed E-state index contributed by atoms with van der Waals surface area (Å²) in [5.74, 6) is -1.32. The highest BCUT2D eigenvalue weighted by Crippen LogP contribution is 2.21. The third-order valence-electron chi connectivity index (χ3n) is 3.60. The number of carbonyl (C=O) groups is 2. The number of benzene rings is 1. The smallest absolute Gasteiger partial charge is 0.326 e. The summed E-state index contributed by atoms with van der Waals surface area (Å²) in [5.41, 5.74) is 2.99. The molecule has 1 aromatic carbocycles. The number of aromatic amines is 1. The average molecular weight is 300 g/mol. The maximum Gasteiger partial charge on any atom is 0.326 e. The molecule has 0 aliphatic heterocycles. The van der Waals surface area contributed by atoms with Gasteiger partial charge in [-0.15, -0.1) is 0 Å². The van der Waals surface area contributed by atoms with Crippen LogP contribution in [0.3, 0.4) is 0 Å². The van der Waals surface area contributed by atoms with Crippen molar-refractivity contribution in [3.63, 3.8) is 0 Å². The predicted octanol–water partition coefficient (Wildman–Crippen LogP) is 2.55. The van der Waals surface area contributed by atoms with E-state index in [9.17, 15) is 9.59 Å². The zero-order valence-corrected chi connectivity index (χ0v) is 12.7. The highest BCUT2D eigenvalue weighted by Gasteiger charge is 2.19. The molecule has 0 spiro atoms. The number of rotatable bonds is 6. The summed E-state index contributed by atoms with van der Waals surface area (Å²) in [6.07, 6.45) is 5.74. The van der Waals surface area contributed by atoms with E-state index in [4.69, 9.17) is 5.11 Å². The maximum absolute atomic E-state index is 12.1. The fourth-order valence-electron chi connectivity index (χ4n) is 2.42. The Bertz CT molecular complexity index is 716. The van der Waals surface area contributed by atoms with Gasteiger partial charge in [-0.2, -0.15) is 0 Å². The largest absolute Gasteiger partial charge is 0.480 e. The molecule has 0 saturated carbocycles. The van der Waals surface area contributed by atoms with Crippen LogP contribution in [0.5, 0.6) is 0 Å². The number of aromatic nitrogens is 1. The second-order valence-electron chi connectivity index (χ2n) is 5.25. The second kappa shape index (κ2) is 6.93. The van der Waals surface area contributed by atoms with Gasteiger partial charge in [0.15, 0.2) is 0 Å². The zero-order chi connectivity index (χ0) is 16.1. The van der Waals surface area contributed by atoms with Crippen LogP contribution in [-0.2, 0) is 16.0 Å². The van der Waals surface area contributed by atoms with Crippen molar-refractivity contribution in [1.82, 2.24) is 10.3 Å². The molecular formula is C17H20N2O3. The summed E-state index contributed by atoms with van der Waals surface area (Å²) in [6, 6.07) is 5.01. The number of hydrogen-bond donors (Lipinski definition) is 3. The standard InChI is InChI=1S/C17H20N2O3/c1-3-4-8-14(17(21)22)19-15(20)9-12-10-18-16-11(2)6-5-7-13(12)16/h3-7,10,14,18H,8-9H2,1-2H3,(H,19,20)(H,21,22)/b4-3+. The molecule has 1 unspecified atom stereocenters. The van der Waals surface area contributed by atoms with Gasteiger partial charge in [0.2, 0.25) is 5.91 Å². The van der Waals surface area contributed by atoms with Crippen LogP contribution in [0.25, 0.3) is 10.9 Å². The second-order valence-corrected chi connectivity index (χ2v) is 5.25. The van der Waals surface area contributed by atoms with Crippen LogP contribution in [0.1, 0.15) is 24.5 Å². The van der Waals surface area contributed by atoms with Crippen molar-refractivity contribution >= 4 is 22.8 Å². The van der Waals surface area contributed by atoms with Gasteiger partial charge in [0.25, 0.3) is 0 Å². The minimum absolute atomic E-state index is 0.156. The van der Waals surface area contributed by atoms with Crippen molar-refractivity contribution in [2.45, 2.75) is 32.7 Å². The normalized spacial score (nSPS) is 12.6. The first kappa shape index (κ1) is 15.8. The van der Waals surface area contributed by atoms with E-state index in [0.29, 0.717) is 0 Å². The summed E-state index contributed by atoms with van der Waals surface area (Å²) in [7, 11) is 0. The van der Waals surface area contributed by atoms with Crippen LogP contribution < -0.4 is 5.32 Å². The highest BCUT2D eigenvalue weighted by atomic mass is 16.4. The third kappa shape index (κ3) is 3.55. The molecule has 1 heterocycles. The number of amides is 1. The SMILES string of the molecule is C/C=C/CC(NC(=O)Cc1c[nH]c2c(C)cccc12)C(=O)O. The number of H-pyrrole nitrogens is 1. The molecular weight excluding hydrogens is 280 g/mol. The van der Waals surface area contributed by atoms with E-state index in [1.807, 2.05) is 32.0 Å². The lowest BCUT2D eigenvalue weighted by Crippen LogP contribution is -2.41. The van der Waals surface area contributed by atoms with Gasteiger partial charge in [-0.3, -0.25) is 4.79 Å². The fourth-order valence-corrected chi connectivity index (χ4v) is 2.42. The summed E-state index contributed by atoms with van der Waals surface area (Å²) in [5, 5.41) is 12.7. The summed E-state index contributed by atoms with van der Waals surface area (Å²) in [6.45, 7) is 3.81. The summed E-state index contributed by atoms with van der Waals surface area (Å²) < 4.78 is 0. The minimum atomic E-state index is -1.03. The predicted molar refractivity (Wildman–Crippen MR) is 85.7 cm³/mol. The molecule has 22 heavy (non-hydrogen) atoms. The Balaban J connectivity index is 2.10. The van der Waals surface area contributed by atoms with E-state index >= 15 is 0 Å². The third-order valence-corrected chi connectivity index (χ3v) is 3.60. The quantitative estimate of drug-likeness (QED) is 0.717. The fraction of sp³-hybridized carbons (Fsp3) is 0.294. The van der Waals surface area contributed by atoms with E-state index in [1.165, 1.54) is 0 Å². The van der Waals surface area contributed by atoms with E-state index < -0.39 is 12.0 Å². The minimum Gasteiger partial charge on any atom is -0.480 e. The van der Waals surface area contributed by atoms with E-state index in [1.54, 1.807) is 18.3 Å². The van der Waals surface area contributed by atoms with Gasteiger partial charge in [0.05, 0.1) is 6.42 Å². The Hall–Kier alpha value is -2.56. The van der Waals surface area contributed by atoms with Crippen LogP contribution >= 0.6 is 0 Å². The summed E-state index contributed by atoms with van der Waals surface area (Å²) >= 11 is 0. The molecule has 0 aliphatic rings. The van der Waals surface area contributed by atoms with Crippen molar-refractivity contribution in [2.24, 2.45) is 0 Å². The number of aliphatic carboxylic acids is 1. The molecule has 1 amide bonds. The Morgan fingerprint density at radius 3 is 2.86 bits per heavy atom. The number of carbonyl (C=O) groups excluding carboxylic acids is 1. The first-order valence-corrected chi connectivity index (χ1v) is 7.21. The van der Waals surface area contributed by atoms with Gasteiger partial charge in [-0.05, 0) is 31.4 Å². The number of carboxylic acid groups (broad SMARTS) is 1. The van der Waals surface area contributed by atoms with Crippen LogP contribution in [0.15, 0.2) is 36.5 Å².